The summed E-state index contributed by atoms with van der Waals surface area (Å²) in [6, 6.07) is 0. The Morgan fingerprint density at radius 3 is 3.08 bits per heavy atom. The molecular weight excluding hydrogens is 160 g/mol. The van der Waals surface area contributed by atoms with Crippen LogP contribution in [0.4, 0.5) is 0 Å². The Kier molecular flexibility index (Phi) is 5.40. The van der Waals surface area contributed by atoms with Gasteiger partial charge in [0.1, 0.15) is 0 Å². The molecule has 1 atom stereocenters. The zero-order valence-electron chi connectivity index (χ0n) is 9.18. The first-order chi connectivity index (χ1) is 6.33. The largest absolute Gasteiger partial charge is 0.316 e. The summed E-state index contributed by atoms with van der Waals surface area (Å²) in [5, 5.41) is 3.49. The molecule has 1 rings (SSSR count). The van der Waals surface area contributed by atoms with Crippen LogP contribution in [0.25, 0.3) is 0 Å². The molecule has 0 spiro atoms. The molecule has 0 saturated carbocycles. The van der Waals surface area contributed by atoms with Gasteiger partial charge in [0.05, 0.1) is 0 Å². The molecule has 0 aliphatic carbocycles. The van der Waals surface area contributed by atoms with E-state index in [1.807, 2.05) is 0 Å². The molecule has 0 aromatic carbocycles. The third-order valence-electron chi connectivity index (χ3n) is 2.72. The van der Waals surface area contributed by atoms with E-state index in [9.17, 15) is 0 Å². The van der Waals surface area contributed by atoms with Crippen LogP contribution in [0.3, 0.4) is 0 Å². The minimum absolute atomic E-state index is 0.817. The lowest BCUT2D eigenvalue weighted by atomic mass is 10.1. The highest BCUT2D eigenvalue weighted by Gasteiger charge is 2.11. The molecule has 1 N–H and O–H groups in total. The van der Waals surface area contributed by atoms with Crippen molar-refractivity contribution in [2.75, 3.05) is 32.7 Å². The van der Waals surface area contributed by atoms with E-state index in [1.54, 1.807) is 0 Å². The molecule has 1 saturated heterocycles. The second kappa shape index (κ2) is 6.39. The van der Waals surface area contributed by atoms with E-state index in [2.05, 4.69) is 24.1 Å². The Balaban J connectivity index is 2.23. The van der Waals surface area contributed by atoms with Gasteiger partial charge in [-0.2, -0.15) is 0 Å². The average molecular weight is 184 g/mol. The number of hydrogen-bond donors (Lipinski definition) is 1. The zero-order chi connectivity index (χ0) is 9.52. The summed E-state index contributed by atoms with van der Waals surface area (Å²) in [7, 11) is 0. The molecule has 1 unspecified atom stereocenters. The van der Waals surface area contributed by atoms with Crippen LogP contribution < -0.4 is 5.32 Å². The van der Waals surface area contributed by atoms with E-state index in [1.165, 1.54) is 52.0 Å². The Morgan fingerprint density at radius 1 is 1.46 bits per heavy atom. The van der Waals surface area contributed by atoms with Crippen LogP contribution in [0.2, 0.25) is 0 Å². The predicted molar refractivity (Wildman–Crippen MR) is 58.0 cm³/mol. The molecule has 78 valence electrons. The minimum Gasteiger partial charge on any atom is -0.316 e. The van der Waals surface area contributed by atoms with Crippen molar-refractivity contribution in [1.29, 1.82) is 0 Å². The molecule has 1 aliphatic heterocycles. The Morgan fingerprint density at radius 2 is 2.31 bits per heavy atom. The standard InChI is InChI=1S/C11H24N2/c1-3-4-7-13-8-5-6-12-9-11(2)10-13/h11-12H,3-10H2,1-2H3. The molecule has 1 heterocycles. The fraction of sp³-hybridized carbons (Fsp3) is 1.00. The minimum atomic E-state index is 0.817. The Labute approximate surface area is 82.7 Å². The van der Waals surface area contributed by atoms with Gasteiger partial charge in [-0.15, -0.1) is 0 Å². The fourth-order valence-corrected chi connectivity index (χ4v) is 1.96. The quantitative estimate of drug-likeness (QED) is 0.718. The number of hydrogen-bond acceptors (Lipinski definition) is 2. The first-order valence-electron chi connectivity index (χ1n) is 5.76. The van der Waals surface area contributed by atoms with Crippen LogP contribution >= 0.6 is 0 Å². The maximum absolute atomic E-state index is 3.49. The van der Waals surface area contributed by atoms with Crippen molar-refractivity contribution in [3.05, 3.63) is 0 Å². The normalized spacial score (nSPS) is 26.8. The highest BCUT2D eigenvalue weighted by molar-refractivity contribution is 4.68. The third-order valence-corrected chi connectivity index (χ3v) is 2.72. The SMILES string of the molecule is CCCCN1CCCNCC(C)C1. The topological polar surface area (TPSA) is 15.3 Å². The molecule has 0 amide bonds. The molecule has 0 aromatic heterocycles. The fourth-order valence-electron chi connectivity index (χ4n) is 1.96. The van der Waals surface area contributed by atoms with Gasteiger partial charge in [0, 0.05) is 6.54 Å². The van der Waals surface area contributed by atoms with Crippen LogP contribution in [-0.2, 0) is 0 Å². The van der Waals surface area contributed by atoms with Crippen molar-refractivity contribution < 1.29 is 0 Å². The summed E-state index contributed by atoms with van der Waals surface area (Å²) < 4.78 is 0. The number of nitrogens with zero attached hydrogens (tertiary/aromatic N) is 1. The Bertz CT molecular complexity index is 123. The number of rotatable bonds is 3. The molecule has 2 nitrogen and oxygen atoms in total. The van der Waals surface area contributed by atoms with Gasteiger partial charge >= 0.3 is 0 Å². The lowest BCUT2D eigenvalue weighted by Crippen LogP contribution is -2.39. The molecule has 0 aromatic rings. The van der Waals surface area contributed by atoms with Crippen molar-refractivity contribution in [3.63, 3.8) is 0 Å². The summed E-state index contributed by atoms with van der Waals surface area (Å²) in [4.78, 5) is 2.63. The molecule has 13 heavy (non-hydrogen) atoms. The third kappa shape index (κ3) is 4.63. The van der Waals surface area contributed by atoms with Crippen LogP contribution in [0.1, 0.15) is 33.1 Å². The van der Waals surface area contributed by atoms with Gasteiger partial charge in [-0.05, 0) is 44.9 Å². The van der Waals surface area contributed by atoms with Crippen molar-refractivity contribution in [1.82, 2.24) is 10.2 Å². The van der Waals surface area contributed by atoms with Crippen LogP contribution in [0, 0.1) is 5.92 Å². The van der Waals surface area contributed by atoms with E-state index >= 15 is 0 Å². The van der Waals surface area contributed by atoms with Crippen molar-refractivity contribution >= 4 is 0 Å². The van der Waals surface area contributed by atoms with Crippen molar-refractivity contribution in [2.45, 2.75) is 33.1 Å². The summed E-state index contributed by atoms with van der Waals surface area (Å²) in [6.07, 6.45) is 4.00. The van der Waals surface area contributed by atoms with E-state index in [0.717, 1.165) is 5.92 Å². The maximum atomic E-state index is 3.49. The van der Waals surface area contributed by atoms with Gasteiger partial charge < -0.3 is 10.2 Å². The lowest BCUT2D eigenvalue weighted by molar-refractivity contribution is 0.214. The van der Waals surface area contributed by atoms with Gasteiger partial charge in [0.25, 0.3) is 0 Å². The van der Waals surface area contributed by atoms with Gasteiger partial charge in [0.2, 0.25) is 0 Å². The maximum Gasteiger partial charge on any atom is 0.00191 e. The molecule has 1 aliphatic rings. The number of unbranched alkanes of at least 4 members (excludes halogenated alkanes) is 1. The van der Waals surface area contributed by atoms with E-state index in [-0.39, 0.29) is 0 Å². The van der Waals surface area contributed by atoms with Crippen LogP contribution in [0.5, 0.6) is 0 Å². The van der Waals surface area contributed by atoms with Crippen molar-refractivity contribution in [3.8, 4) is 0 Å². The lowest BCUT2D eigenvalue weighted by Gasteiger charge is -2.28. The first kappa shape index (κ1) is 11.0. The zero-order valence-corrected chi connectivity index (χ0v) is 9.18. The summed E-state index contributed by atoms with van der Waals surface area (Å²) in [5.74, 6) is 0.817. The molecular formula is C11H24N2. The van der Waals surface area contributed by atoms with E-state index in [0.29, 0.717) is 0 Å². The van der Waals surface area contributed by atoms with Gasteiger partial charge in [-0.3, -0.25) is 0 Å². The predicted octanol–water partition coefficient (Wildman–Crippen LogP) is 1.72. The highest BCUT2D eigenvalue weighted by Crippen LogP contribution is 2.04. The van der Waals surface area contributed by atoms with Crippen molar-refractivity contribution in [2.24, 2.45) is 5.92 Å². The molecule has 1 fully saturated rings. The molecule has 0 bridgehead atoms. The second-order valence-electron chi connectivity index (χ2n) is 4.32. The highest BCUT2D eigenvalue weighted by atomic mass is 15.1. The van der Waals surface area contributed by atoms with Gasteiger partial charge in [-0.1, -0.05) is 20.3 Å². The molecule has 0 radical (unpaired) electrons. The summed E-state index contributed by atoms with van der Waals surface area (Å²) in [5.41, 5.74) is 0. The summed E-state index contributed by atoms with van der Waals surface area (Å²) >= 11 is 0. The van der Waals surface area contributed by atoms with Crippen LogP contribution in [-0.4, -0.2) is 37.6 Å². The van der Waals surface area contributed by atoms with Gasteiger partial charge in [-0.25, -0.2) is 0 Å². The molecule has 2 heteroatoms. The van der Waals surface area contributed by atoms with E-state index < -0.39 is 0 Å². The van der Waals surface area contributed by atoms with E-state index in [4.69, 9.17) is 0 Å². The summed E-state index contributed by atoms with van der Waals surface area (Å²) in [6.45, 7) is 10.9. The monoisotopic (exact) mass is 184 g/mol. The first-order valence-corrected chi connectivity index (χ1v) is 5.76. The average Bonchev–Trinajstić information content (AvgIpc) is 2.09. The van der Waals surface area contributed by atoms with Crippen LogP contribution in [0.15, 0.2) is 0 Å². The Hall–Kier alpha value is -0.0800. The van der Waals surface area contributed by atoms with Gasteiger partial charge in [0.15, 0.2) is 0 Å². The smallest absolute Gasteiger partial charge is 0.00191 e. The second-order valence-corrected chi connectivity index (χ2v) is 4.32. The number of nitrogens with one attached hydrogen (secondary N) is 1.